The topological polar surface area (TPSA) is 49.0 Å². The Bertz CT molecular complexity index is 357. The van der Waals surface area contributed by atoms with Gasteiger partial charge in [-0.1, -0.05) is 13.8 Å². The van der Waals surface area contributed by atoms with Crippen LogP contribution in [0.3, 0.4) is 0 Å². The van der Waals surface area contributed by atoms with Gasteiger partial charge >= 0.3 is 0 Å². The van der Waals surface area contributed by atoms with Crippen LogP contribution >= 0.6 is 0 Å². The zero-order chi connectivity index (χ0) is 10.8. The Labute approximate surface area is 89.3 Å². The zero-order valence-electron chi connectivity index (χ0n) is 9.23. The minimum atomic E-state index is -0.142. The predicted molar refractivity (Wildman–Crippen MR) is 60.0 cm³/mol. The van der Waals surface area contributed by atoms with Crippen molar-refractivity contribution in [3.63, 3.8) is 0 Å². The summed E-state index contributed by atoms with van der Waals surface area (Å²) in [6.07, 6.45) is 1.28. The fraction of sp³-hybridized carbons (Fsp3) is 0.636. The molecule has 1 saturated heterocycles. The molecule has 0 spiro atoms. The number of aromatic nitrogens is 2. The fourth-order valence-corrected chi connectivity index (χ4v) is 2.36. The largest absolute Gasteiger partial charge is 0.355 e. The first-order valence-electron chi connectivity index (χ1n) is 5.46. The van der Waals surface area contributed by atoms with Crippen molar-refractivity contribution in [2.24, 2.45) is 11.8 Å². The third-order valence-corrected chi connectivity index (χ3v) is 2.86. The number of rotatable bonds is 1. The molecule has 0 bridgehead atoms. The highest BCUT2D eigenvalue weighted by atomic mass is 16.1. The minimum absolute atomic E-state index is 0.142. The number of aromatic amines is 1. The molecule has 1 aromatic rings. The molecular formula is C11H17N3O. The van der Waals surface area contributed by atoms with Crippen LogP contribution in [0, 0.1) is 11.8 Å². The highest BCUT2D eigenvalue weighted by Crippen LogP contribution is 2.23. The van der Waals surface area contributed by atoms with Gasteiger partial charge in [-0.2, -0.15) is 5.10 Å². The van der Waals surface area contributed by atoms with E-state index in [2.05, 4.69) is 28.9 Å². The summed E-state index contributed by atoms with van der Waals surface area (Å²) in [6, 6.07) is 3.33. The lowest BCUT2D eigenvalue weighted by molar-refractivity contribution is 0.355. The van der Waals surface area contributed by atoms with Gasteiger partial charge in [0.2, 0.25) is 0 Å². The Morgan fingerprint density at radius 3 is 2.53 bits per heavy atom. The van der Waals surface area contributed by atoms with Gasteiger partial charge in [0.25, 0.3) is 5.56 Å². The number of hydrogen-bond donors (Lipinski definition) is 1. The Kier molecular flexibility index (Phi) is 2.75. The minimum Gasteiger partial charge on any atom is -0.355 e. The molecule has 82 valence electrons. The van der Waals surface area contributed by atoms with E-state index in [1.54, 1.807) is 6.07 Å². The lowest BCUT2D eigenvalue weighted by Gasteiger charge is -2.35. The molecule has 0 aromatic carbocycles. The lowest BCUT2D eigenvalue weighted by Crippen LogP contribution is -2.39. The first-order valence-corrected chi connectivity index (χ1v) is 5.46. The molecule has 0 amide bonds. The first kappa shape index (κ1) is 10.2. The summed E-state index contributed by atoms with van der Waals surface area (Å²) in [5.74, 6) is 2.28. The van der Waals surface area contributed by atoms with Gasteiger partial charge < -0.3 is 4.90 Å². The molecule has 0 saturated carbocycles. The van der Waals surface area contributed by atoms with Gasteiger partial charge in [-0.05, 0) is 24.3 Å². The van der Waals surface area contributed by atoms with Crippen LogP contribution in [0.1, 0.15) is 20.3 Å². The summed E-state index contributed by atoms with van der Waals surface area (Å²) in [7, 11) is 0. The van der Waals surface area contributed by atoms with E-state index >= 15 is 0 Å². The van der Waals surface area contributed by atoms with Crippen LogP contribution in [0.4, 0.5) is 5.82 Å². The maximum atomic E-state index is 10.9. The van der Waals surface area contributed by atoms with Crippen LogP contribution in [-0.2, 0) is 0 Å². The van der Waals surface area contributed by atoms with Gasteiger partial charge in [0.05, 0.1) is 0 Å². The van der Waals surface area contributed by atoms with Gasteiger partial charge in [0.1, 0.15) is 5.82 Å². The van der Waals surface area contributed by atoms with Crippen molar-refractivity contribution >= 4 is 5.82 Å². The van der Waals surface area contributed by atoms with Crippen molar-refractivity contribution in [1.82, 2.24) is 10.2 Å². The van der Waals surface area contributed by atoms with E-state index < -0.39 is 0 Å². The third-order valence-electron chi connectivity index (χ3n) is 2.86. The average molecular weight is 207 g/mol. The number of nitrogens with one attached hydrogen (secondary N) is 1. The molecule has 15 heavy (non-hydrogen) atoms. The van der Waals surface area contributed by atoms with Crippen LogP contribution in [0.2, 0.25) is 0 Å². The first-order chi connectivity index (χ1) is 7.15. The van der Waals surface area contributed by atoms with E-state index in [-0.39, 0.29) is 5.56 Å². The second kappa shape index (κ2) is 4.04. The summed E-state index contributed by atoms with van der Waals surface area (Å²) in [5, 5.41) is 6.54. The lowest BCUT2D eigenvalue weighted by atomic mass is 9.92. The van der Waals surface area contributed by atoms with Gasteiger partial charge in [0.15, 0.2) is 0 Å². The smallest absolute Gasteiger partial charge is 0.264 e. The van der Waals surface area contributed by atoms with Crippen LogP contribution in [-0.4, -0.2) is 23.3 Å². The Hall–Kier alpha value is -1.32. The highest BCUT2D eigenvalue weighted by Gasteiger charge is 2.22. The van der Waals surface area contributed by atoms with Crippen molar-refractivity contribution in [3.8, 4) is 0 Å². The van der Waals surface area contributed by atoms with E-state index in [1.807, 2.05) is 0 Å². The second-order valence-electron chi connectivity index (χ2n) is 4.63. The Morgan fingerprint density at radius 1 is 1.33 bits per heavy atom. The summed E-state index contributed by atoms with van der Waals surface area (Å²) >= 11 is 0. The van der Waals surface area contributed by atoms with Crippen molar-refractivity contribution in [2.75, 3.05) is 18.0 Å². The van der Waals surface area contributed by atoms with Crippen LogP contribution in [0.15, 0.2) is 16.9 Å². The van der Waals surface area contributed by atoms with E-state index in [9.17, 15) is 4.79 Å². The molecule has 1 fully saturated rings. The molecule has 2 rings (SSSR count). The van der Waals surface area contributed by atoms with Gasteiger partial charge in [0, 0.05) is 19.2 Å². The summed E-state index contributed by atoms with van der Waals surface area (Å²) in [5.41, 5.74) is -0.142. The Balaban J connectivity index is 2.16. The normalized spacial score (nSPS) is 26.7. The molecule has 4 heteroatoms. The second-order valence-corrected chi connectivity index (χ2v) is 4.63. The number of H-pyrrole nitrogens is 1. The van der Waals surface area contributed by atoms with Crippen LogP contribution in [0.25, 0.3) is 0 Å². The predicted octanol–water partition coefficient (Wildman–Crippen LogP) is 1.25. The van der Waals surface area contributed by atoms with E-state index in [0.29, 0.717) is 11.8 Å². The number of hydrogen-bond acceptors (Lipinski definition) is 3. The molecule has 4 nitrogen and oxygen atoms in total. The summed E-state index contributed by atoms with van der Waals surface area (Å²) < 4.78 is 0. The molecule has 1 aliphatic rings. The van der Waals surface area contributed by atoms with E-state index in [4.69, 9.17) is 0 Å². The van der Waals surface area contributed by atoms with Crippen molar-refractivity contribution in [2.45, 2.75) is 20.3 Å². The third kappa shape index (κ3) is 2.37. The van der Waals surface area contributed by atoms with Gasteiger partial charge in [-0.25, -0.2) is 5.10 Å². The van der Waals surface area contributed by atoms with Crippen molar-refractivity contribution < 1.29 is 0 Å². The van der Waals surface area contributed by atoms with Crippen molar-refractivity contribution in [3.05, 3.63) is 22.5 Å². The summed E-state index contributed by atoms with van der Waals surface area (Å²) in [6.45, 7) is 6.58. The molecule has 1 aliphatic heterocycles. The number of piperidine rings is 1. The standard InChI is InChI=1S/C11H17N3O/c1-8-5-9(2)7-14(6-8)10-3-4-11(15)13-12-10/h3-4,8-9H,5-7H2,1-2H3,(H,13,15). The number of nitrogens with zero attached hydrogens (tertiary/aromatic N) is 2. The van der Waals surface area contributed by atoms with Gasteiger partial charge in [-0.3, -0.25) is 4.79 Å². The summed E-state index contributed by atoms with van der Waals surface area (Å²) in [4.78, 5) is 13.1. The maximum Gasteiger partial charge on any atom is 0.264 e. The van der Waals surface area contributed by atoms with Crippen molar-refractivity contribution in [1.29, 1.82) is 0 Å². The fourth-order valence-electron chi connectivity index (χ4n) is 2.36. The maximum absolute atomic E-state index is 10.9. The van der Waals surface area contributed by atoms with Gasteiger partial charge in [-0.15, -0.1) is 0 Å². The molecule has 0 aliphatic carbocycles. The zero-order valence-corrected chi connectivity index (χ0v) is 9.23. The van der Waals surface area contributed by atoms with E-state index in [0.717, 1.165) is 18.9 Å². The van der Waals surface area contributed by atoms with E-state index in [1.165, 1.54) is 12.5 Å². The monoisotopic (exact) mass is 207 g/mol. The SMILES string of the molecule is CC1CC(C)CN(c2ccc(=O)[nH]n2)C1. The highest BCUT2D eigenvalue weighted by molar-refractivity contribution is 5.37. The molecule has 2 unspecified atom stereocenters. The molecular weight excluding hydrogens is 190 g/mol. The molecule has 1 N–H and O–H groups in total. The van der Waals surface area contributed by atoms with Crippen LogP contribution < -0.4 is 10.5 Å². The quantitative estimate of drug-likeness (QED) is 0.754. The molecule has 1 aromatic heterocycles. The molecule has 2 heterocycles. The molecule has 2 atom stereocenters. The number of anilines is 1. The average Bonchev–Trinajstić information content (AvgIpc) is 2.17. The van der Waals surface area contributed by atoms with Crippen LogP contribution in [0.5, 0.6) is 0 Å². The molecule has 0 radical (unpaired) electrons. The Morgan fingerprint density at radius 2 is 2.00 bits per heavy atom.